The molecule has 0 aliphatic heterocycles. The van der Waals surface area contributed by atoms with Crippen LogP contribution in [0.1, 0.15) is 39.2 Å². The maximum Gasteiger partial charge on any atom is 0.352 e. The van der Waals surface area contributed by atoms with E-state index in [1.165, 1.54) is 8.97 Å². The van der Waals surface area contributed by atoms with Crippen LogP contribution in [-0.4, -0.2) is 36.6 Å². The Labute approximate surface area is 207 Å². The van der Waals surface area contributed by atoms with Crippen molar-refractivity contribution < 1.29 is 9.59 Å². The highest BCUT2D eigenvalue weighted by atomic mass is 16.2. The van der Waals surface area contributed by atoms with E-state index >= 15 is 0 Å². The van der Waals surface area contributed by atoms with Gasteiger partial charge in [0.2, 0.25) is 17.6 Å². The maximum absolute atomic E-state index is 13.3. The first-order chi connectivity index (χ1) is 17.3. The Morgan fingerprint density at radius 1 is 1.00 bits per heavy atom. The molecule has 0 aliphatic rings. The molecule has 4 aromatic rings. The molecule has 2 aromatic heterocycles. The van der Waals surface area contributed by atoms with Gasteiger partial charge in [-0.25, -0.2) is 13.9 Å². The average Bonchev–Trinajstić information content (AvgIpc) is 3.19. The van der Waals surface area contributed by atoms with Gasteiger partial charge in [-0.1, -0.05) is 38.1 Å². The minimum atomic E-state index is -0.546. The number of aryl methyl sites for hydroxylation is 2. The van der Waals surface area contributed by atoms with Gasteiger partial charge in [-0.3, -0.25) is 19.0 Å². The summed E-state index contributed by atoms with van der Waals surface area (Å²) in [6, 6.07) is 14.2. The van der Waals surface area contributed by atoms with E-state index in [0.29, 0.717) is 16.6 Å². The second kappa shape index (κ2) is 10.6. The van der Waals surface area contributed by atoms with Gasteiger partial charge in [0, 0.05) is 24.7 Å². The lowest BCUT2D eigenvalue weighted by Gasteiger charge is -2.12. The fourth-order valence-corrected chi connectivity index (χ4v) is 3.99. The number of carbonyl (C=O) groups excluding carboxylic acids is 2. The van der Waals surface area contributed by atoms with Gasteiger partial charge in [0.1, 0.15) is 6.54 Å². The van der Waals surface area contributed by atoms with Crippen LogP contribution in [0.25, 0.3) is 16.7 Å². The van der Waals surface area contributed by atoms with Crippen LogP contribution in [0.15, 0.2) is 58.1 Å². The van der Waals surface area contributed by atoms with E-state index in [-0.39, 0.29) is 42.8 Å². The van der Waals surface area contributed by atoms with Gasteiger partial charge >= 0.3 is 5.69 Å². The molecular formula is C26H30N6O4. The lowest BCUT2D eigenvalue weighted by molar-refractivity contribution is -0.122. The molecule has 0 fully saturated rings. The molecule has 2 N–H and O–H groups in total. The fraction of sp³-hybridized carbons (Fsp3) is 0.346. The predicted molar refractivity (Wildman–Crippen MR) is 138 cm³/mol. The second-order valence-electron chi connectivity index (χ2n) is 8.78. The number of aromatic nitrogens is 4. The van der Waals surface area contributed by atoms with Gasteiger partial charge in [-0.15, -0.1) is 5.10 Å². The van der Waals surface area contributed by atoms with Crippen LogP contribution in [0.3, 0.4) is 0 Å². The molecule has 2 heterocycles. The SMILES string of the molecule is CCc1ccc(NC(=O)Cn2nc3n(CCC(=O)N[C@H](C)CC)c(=O)c4ccccc4n3c2=O)cc1. The van der Waals surface area contributed by atoms with Gasteiger partial charge in [0.25, 0.3) is 5.56 Å². The summed E-state index contributed by atoms with van der Waals surface area (Å²) in [6.45, 7) is 5.64. The van der Waals surface area contributed by atoms with Gasteiger partial charge in [0.05, 0.1) is 10.9 Å². The number of hydrogen-bond acceptors (Lipinski definition) is 5. The third-order valence-corrected chi connectivity index (χ3v) is 6.21. The van der Waals surface area contributed by atoms with Crippen molar-refractivity contribution in [1.29, 1.82) is 0 Å². The molecule has 0 bridgehead atoms. The van der Waals surface area contributed by atoms with Crippen LogP contribution in [0.2, 0.25) is 0 Å². The number of hydrogen-bond donors (Lipinski definition) is 2. The summed E-state index contributed by atoms with van der Waals surface area (Å²) < 4.78 is 3.66. The van der Waals surface area contributed by atoms with E-state index in [1.54, 1.807) is 36.4 Å². The van der Waals surface area contributed by atoms with E-state index in [0.717, 1.165) is 23.1 Å². The van der Waals surface area contributed by atoms with Gasteiger partial charge in [0.15, 0.2) is 0 Å². The highest BCUT2D eigenvalue weighted by molar-refractivity contribution is 5.90. The van der Waals surface area contributed by atoms with Crippen molar-refractivity contribution in [2.75, 3.05) is 5.32 Å². The van der Waals surface area contributed by atoms with E-state index < -0.39 is 11.6 Å². The minimum absolute atomic E-state index is 0.0179. The van der Waals surface area contributed by atoms with E-state index in [9.17, 15) is 19.2 Å². The quantitative estimate of drug-likeness (QED) is 0.373. The zero-order valence-corrected chi connectivity index (χ0v) is 20.7. The number of para-hydroxylation sites is 1. The molecule has 2 aromatic carbocycles. The molecule has 36 heavy (non-hydrogen) atoms. The first kappa shape index (κ1) is 24.9. The summed E-state index contributed by atoms with van der Waals surface area (Å²) in [6.07, 6.45) is 1.73. The molecule has 0 unspecified atom stereocenters. The number of benzene rings is 2. The second-order valence-corrected chi connectivity index (χ2v) is 8.78. The molecule has 0 spiro atoms. The molecule has 2 amide bonds. The van der Waals surface area contributed by atoms with E-state index in [2.05, 4.69) is 15.7 Å². The van der Waals surface area contributed by atoms with Gasteiger partial charge < -0.3 is 10.6 Å². The Bertz CT molecular complexity index is 1530. The number of carbonyl (C=O) groups is 2. The molecule has 0 saturated heterocycles. The largest absolute Gasteiger partial charge is 0.354 e. The normalized spacial score (nSPS) is 12.1. The van der Waals surface area contributed by atoms with Crippen LogP contribution in [-0.2, 0) is 29.1 Å². The number of nitrogens with one attached hydrogen (secondary N) is 2. The fourth-order valence-electron chi connectivity index (χ4n) is 3.99. The van der Waals surface area contributed by atoms with Crippen molar-refractivity contribution in [3.63, 3.8) is 0 Å². The van der Waals surface area contributed by atoms with Crippen molar-refractivity contribution in [2.24, 2.45) is 0 Å². The van der Waals surface area contributed by atoms with Crippen molar-refractivity contribution in [2.45, 2.75) is 59.2 Å². The summed E-state index contributed by atoms with van der Waals surface area (Å²) in [4.78, 5) is 51.6. The number of rotatable bonds is 9. The highest BCUT2D eigenvalue weighted by Crippen LogP contribution is 2.12. The van der Waals surface area contributed by atoms with Gasteiger partial charge in [-0.05, 0) is 49.6 Å². The Morgan fingerprint density at radius 2 is 1.72 bits per heavy atom. The Hall–Kier alpha value is -4.21. The van der Waals surface area contributed by atoms with Crippen molar-refractivity contribution in [3.8, 4) is 0 Å². The number of nitrogens with zero attached hydrogens (tertiary/aromatic N) is 4. The highest BCUT2D eigenvalue weighted by Gasteiger charge is 2.19. The Kier molecular flexibility index (Phi) is 7.33. The van der Waals surface area contributed by atoms with Crippen LogP contribution in [0, 0.1) is 0 Å². The standard InChI is InChI=1S/C26H30N6O4/c1-4-17(3)27-22(33)14-15-30-24(35)20-8-6-7-9-21(20)32-25(30)29-31(26(32)36)16-23(34)28-19-12-10-18(5-2)11-13-19/h6-13,17H,4-5,14-16H2,1-3H3,(H,27,33)(H,28,34)/t17-/m1/s1. The maximum atomic E-state index is 13.3. The van der Waals surface area contributed by atoms with Crippen molar-refractivity contribution in [1.82, 2.24) is 24.1 Å². The molecule has 10 nitrogen and oxygen atoms in total. The number of anilines is 1. The smallest absolute Gasteiger partial charge is 0.352 e. The Balaban J connectivity index is 1.68. The third-order valence-electron chi connectivity index (χ3n) is 6.21. The molecule has 10 heteroatoms. The van der Waals surface area contributed by atoms with Crippen LogP contribution < -0.4 is 21.9 Å². The molecule has 0 saturated carbocycles. The zero-order valence-electron chi connectivity index (χ0n) is 20.7. The summed E-state index contributed by atoms with van der Waals surface area (Å²) in [5.41, 5.74) is 1.25. The molecule has 4 rings (SSSR count). The van der Waals surface area contributed by atoms with Crippen LogP contribution in [0.4, 0.5) is 5.69 Å². The summed E-state index contributed by atoms with van der Waals surface area (Å²) >= 11 is 0. The average molecular weight is 491 g/mol. The lowest BCUT2D eigenvalue weighted by atomic mass is 10.1. The molecule has 1 atom stereocenters. The minimum Gasteiger partial charge on any atom is -0.354 e. The predicted octanol–water partition coefficient (Wildman–Crippen LogP) is 2.32. The lowest BCUT2D eigenvalue weighted by Crippen LogP contribution is -2.34. The number of amides is 2. The van der Waals surface area contributed by atoms with Crippen LogP contribution in [0.5, 0.6) is 0 Å². The van der Waals surface area contributed by atoms with E-state index in [1.807, 2.05) is 32.9 Å². The molecule has 0 radical (unpaired) electrons. The van der Waals surface area contributed by atoms with Crippen molar-refractivity contribution in [3.05, 3.63) is 74.9 Å². The molecule has 0 aliphatic carbocycles. The van der Waals surface area contributed by atoms with Crippen LogP contribution >= 0.6 is 0 Å². The number of fused-ring (bicyclic) bond motifs is 3. The topological polar surface area (TPSA) is 120 Å². The summed E-state index contributed by atoms with van der Waals surface area (Å²) in [5.74, 6) is -0.533. The van der Waals surface area contributed by atoms with E-state index in [4.69, 9.17) is 0 Å². The summed E-state index contributed by atoms with van der Waals surface area (Å²) in [5, 5.41) is 10.3. The first-order valence-corrected chi connectivity index (χ1v) is 12.1. The van der Waals surface area contributed by atoms with Gasteiger partial charge in [-0.2, -0.15) is 0 Å². The van der Waals surface area contributed by atoms with Crippen molar-refractivity contribution >= 4 is 34.2 Å². The molecule has 188 valence electrons. The third kappa shape index (κ3) is 5.07. The zero-order chi connectivity index (χ0) is 25.8. The monoisotopic (exact) mass is 490 g/mol. The summed E-state index contributed by atoms with van der Waals surface area (Å²) in [7, 11) is 0. The molecular weight excluding hydrogens is 460 g/mol. The Morgan fingerprint density at radius 3 is 2.42 bits per heavy atom. The first-order valence-electron chi connectivity index (χ1n) is 12.1.